The summed E-state index contributed by atoms with van der Waals surface area (Å²) in [6, 6.07) is 0.267. The number of hydrogen-bond donors (Lipinski definition) is 1. The van der Waals surface area contributed by atoms with Crippen molar-refractivity contribution in [1.29, 1.82) is 0 Å². The molecule has 0 amide bonds. The van der Waals surface area contributed by atoms with Gasteiger partial charge in [-0.15, -0.1) is 0 Å². The number of rotatable bonds is 4. The van der Waals surface area contributed by atoms with E-state index < -0.39 is 0 Å². The maximum absolute atomic E-state index is 11.8. The highest BCUT2D eigenvalue weighted by Crippen LogP contribution is 2.29. The van der Waals surface area contributed by atoms with Gasteiger partial charge in [0.25, 0.3) is 0 Å². The van der Waals surface area contributed by atoms with Gasteiger partial charge in [-0.2, -0.15) is 0 Å². The summed E-state index contributed by atoms with van der Waals surface area (Å²) in [7, 11) is 1.47. The summed E-state index contributed by atoms with van der Waals surface area (Å²) < 4.78 is 4.88. The zero-order chi connectivity index (χ0) is 13.0. The first-order chi connectivity index (χ1) is 7.97. The fraction of sp³-hybridized carbons (Fsp3) is 0.929. The minimum atomic E-state index is -0.173. The highest BCUT2D eigenvalue weighted by Gasteiger charge is 2.33. The van der Waals surface area contributed by atoms with E-state index in [-0.39, 0.29) is 17.9 Å². The van der Waals surface area contributed by atoms with Crippen LogP contribution in [0.2, 0.25) is 0 Å². The standard InChI is InChI=1S/C14H27NO2/c1-9(2)12(14(16)17-5)15-13-10(3)7-6-8-11(13)4/h9-13,15H,6-8H2,1-5H3/t10?,11?,12-,13?/m1/s1. The predicted octanol–water partition coefficient (Wildman–Crippen LogP) is 2.60. The largest absolute Gasteiger partial charge is 0.468 e. The van der Waals surface area contributed by atoms with Crippen LogP contribution in [0.15, 0.2) is 0 Å². The van der Waals surface area contributed by atoms with Crippen molar-refractivity contribution < 1.29 is 9.53 Å². The maximum atomic E-state index is 11.8. The van der Waals surface area contributed by atoms with Crippen LogP contribution >= 0.6 is 0 Å². The lowest BCUT2D eigenvalue weighted by molar-refractivity contribution is -0.144. The third kappa shape index (κ3) is 3.70. The molecule has 1 fully saturated rings. The average Bonchev–Trinajstić information content (AvgIpc) is 2.27. The highest BCUT2D eigenvalue weighted by molar-refractivity contribution is 5.76. The fourth-order valence-corrected chi connectivity index (χ4v) is 2.88. The van der Waals surface area contributed by atoms with E-state index in [4.69, 9.17) is 4.74 Å². The van der Waals surface area contributed by atoms with Crippen LogP contribution in [-0.2, 0) is 9.53 Å². The highest BCUT2D eigenvalue weighted by atomic mass is 16.5. The molecule has 3 heteroatoms. The molecule has 0 radical (unpaired) electrons. The Bertz CT molecular complexity index is 243. The van der Waals surface area contributed by atoms with Crippen molar-refractivity contribution in [3.8, 4) is 0 Å². The third-order valence-electron chi connectivity index (χ3n) is 4.04. The second kappa shape index (κ2) is 6.39. The Balaban J connectivity index is 2.67. The third-order valence-corrected chi connectivity index (χ3v) is 4.04. The van der Waals surface area contributed by atoms with Crippen molar-refractivity contribution in [3.05, 3.63) is 0 Å². The lowest BCUT2D eigenvalue weighted by atomic mass is 9.78. The Kier molecular flexibility index (Phi) is 5.44. The lowest BCUT2D eigenvalue weighted by Crippen LogP contribution is -2.52. The molecule has 0 aromatic heterocycles. The fourth-order valence-electron chi connectivity index (χ4n) is 2.88. The number of hydrogen-bond acceptors (Lipinski definition) is 3. The number of esters is 1. The van der Waals surface area contributed by atoms with Gasteiger partial charge in [0, 0.05) is 6.04 Å². The van der Waals surface area contributed by atoms with Crippen LogP contribution in [-0.4, -0.2) is 25.2 Å². The van der Waals surface area contributed by atoms with Crippen LogP contribution in [0, 0.1) is 17.8 Å². The molecule has 1 N–H and O–H groups in total. The summed E-state index contributed by atoms with van der Waals surface area (Å²) in [6.07, 6.45) is 3.83. The van der Waals surface area contributed by atoms with Crippen LogP contribution < -0.4 is 5.32 Å². The van der Waals surface area contributed by atoms with Gasteiger partial charge >= 0.3 is 5.97 Å². The first-order valence-corrected chi connectivity index (χ1v) is 6.81. The summed E-state index contributed by atoms with van der Waals surface area (Å²) in [6.45, 7) is 8.68. The van der Waals surface area contributed by atoms with Gasteiger partial charge < -0.3 is 10.1 Å². The van der Waals surface area contributed by atoms with Gasteiger partial charge in [-0.3, -0.25) is 4.79 Å². The van der Waals surface area contributed by atoms with Gasteiger partial charge in [0.1, 0.15) is 6.04 Å². The first-order valence-electron chi connectivity index (χ1n) is 6.81. The Morgan fingerprint density at radius 1 is 1.24 bits per heavy atom. The zero-order valence-corrected chi connectivity index (χ0v) is 11.8. The average molecular weight is 241 g/mol. The molecule has 1 rings (SSSR count). The molecule has 3 atom stereocenters. The monoisotopic (exact) mass is 241 g/mol. The lowest BCUT2D eigenvalue weighted by Gasteiger charge is -2.38. The van der Waals surface area contributed by atoms with Gasteiger partial charge in [-0.1, -0.05) is 34.1 Å². The van der Waals surface area contributed by atoms with Crippen LogP contribution in [0.1, 0.15) is 47.0 Å². The molecule has 1 aliphatic carbocycles. The van der Waals surface area contributed by atoms with Crippen molar-refractivity contribution >= 4 is 5.97 Å². The van der Waals surface area contributed by atoms with Crippen LogP contribution in [0.3, 0.4) is 0 Å². The maximum Gasteiger partial charge on any atom is 0.323 e. The molecular formula is C14H27NO2. The molecule has 17 heavy (non-hydrogen) atoms. The second-order valence-corrected chi connectivity index (χ2v) is 5.82. The molecule has 0 aromatic carbocycles. The van der Waals surface area contributed by atoms with Gasteiger partial charge in [0.15, 0.2) is 0 Å². The minimum Gasteiger partial charge on any atom is -0.468 e. The number of methoxy groups -OCH3 is 1. The number of carbonyl (C=O) groups excluding carboxylic acids is 1. The molecular weight excluding hydrogens is 214 g/mol. The van der Waals surface area contributed by atoms with E-state index in [0.29, 0.717) is 17.9 Å². The van der Waals surface area contributed by atoms with E-state index in [9.17, 15) is 4.79 Å². The van der Waals surface area contributed by atoms with Crippen molar-refractivity contribution in [2.75, 3.05) is 7.11 Å². The van der Waals surface area contributed by atoms with Gasteiger partial charge in [-0.25, -0.2) is 0 Å². The zero-order valence-electron chi connectivity index (χ0n) is 11.8. The van der Waals surface area contributed by atoms with Gasteiger partial charge in [-0.05, 0) is 30.6 Å². The predicted molar refractivity (Wildman–Crippen MR) is 69.7 cm³/mol. The molecule has 0 heterocycles. The Hall–Kier alpha value is -0.570. The Labute approximate surface area is 105 Å². The minimum absolute atomic E-state index is 0.134. The summed E-state index contributed by atoms with van der Waals surface area (Å²) in [5.41, 5.74) is 0. The molecule has 0 saturated heterocycles. The van der Waals surface area contributed by atoms with Crippen molar-refractivity contribution in [1.82, 2.24) is 5.32 Å². The smallest absolute Gasteiger partial charge is 0.323 e. The topological polar surface area (TPSA) is 38.3 Å². The molecule has 1 aliphatic rings. The van der Waals surface area contributed by atoms with Gasteiger partial charge in [0.05, 0.1) is 7.11 Å². The summed E-state index contributed by atoms with van der Waals surface area (Å²) >= 11 is 0. The van der Waals surface area contributed by atoms with Crippen LogP contribution in [0.5, 0.6) is 0 Å². The normalized spacial score (nSPS) is 31.3. The van der Waals surface area contributed by atoms with Crippen molar-refractivity contribution in [2.24, 2.45) is 17.8 Å². The van der Waals surface area contributed by atoms with Crippen molar-refractivity contribution in [3.63, 3.8) is 0 Å². The van der Waals surface area contributed by atoms with Crippen LogP contribution in [0.4, 0.5) is 0 Å². The van der Waals surface area contributed by atoms with E-state index >= 15 is 0 Å². The molecule has 0 bridgehead atoms. The van der Waals surface area contributed by atoms with E-state index in [1.54, 1.807) is 0 Å². The Morgan fingerprint density at radius 2 is 1.76 bits per heavy atom. The summed E-state index contributed by atoms with van der Waals surface area (Å²) in [5.74, 6) is 1.42. The molecule has 0 aromatic rings. The molecule has 100 valence electrons. The molecule has 0 spiro atoms. The van der Waals surface area contributed by atoms with Crippen molar-refractivity contribution in [2.45, 2.75) is 59.0 Å². The van der Waals surface area contributed by atoms with E-state index in [2.05, 4.69) is 33.0 Å². The first kappa shape index (κ1) is 14.5. The quantitative estimate of drug-likeness (QED) is 0.769. The molecule has 0 aliphatic heterocycles. The van der Waals surface area contributed by atoms with E-state index in [1.165, 1.54) is 26.4 Å². The summed E-state index contributed by atoms with van der Waals surface area (Å²) in [4.78, 5) is 11.8. The number of carbonyl (C=O) groups is 1. The SMILES string of the molecule is COC(=O)[C@H](NC1C(C)CCCC1C)C(C)C. The number of ether oxygens (including phenoxy) is 1. The molecule has 2 unspecified atom stereocenters. The van der Waals surface area contributed by atoms with E-state index in [0.717, 1.165) is 0 Å². The molecule has 1 saturated carbocycles. The van der Waals surface area contributed by atoms with Gasteiger partial charge in [0.2, 0.25) is 0 Å². The Morgan fingerprint density at radius 3 is 2.18 bits per heavy atom. The number of nitrogens with one attached hydrogen (secondary N) is 1. The van der Waals surface area contributed by atoms with E-state index in [1.807, 2.05) is 0 Å². The molecule has 3 nitrogen and oxygen atoms in total. The second-order valence-electron chi connectivity index (χ2n) is 5.82. The summed E-state index contributed by atoms with van der Waals surface area (Å²) in [5, 5.41) is 3.53. The van der Waals surface area contributed by atoms with Crippen LogP contribution in [0.25, 0.3) is 0 Å².